The van der Waals surface area contributed by atoms with Crippen LogP contribution in [0.15, 0.2) is 47.6 Å². The summed E-state index contributed by atoms with van der Waals surface area (Å²) in [6, 6.07) is 14.0. The summed E-state index contributed by atoms with van der Waals surface area (Å²) in [6.45, 7) is 8.70. The quantitative estimate of drug-likeness (QED) is 0.486. The molecule has 1 saturated heterocycles. The normalized spacial score (nSPS) is 22.2. The zero-order chi connectivity index (χ0) is 24.4. The SMILES string of the molecule is Cc1nc2cc(OC[C@H](O)CN3CCN(CC4CC(c5ccc(Cl)cc5)=NO4)C[C@@H]3C)ccc2s1. The highest BCUT2D eigenvalue weighted by Crippen LogP contribution is 2.26. The first-order valence-corrected chi connectivity index (χ1v) is 13.3. The van der Waals surface area contributed by atoms with Gasteiger partial charge in [-0.3, -0.25) is 9.80 Å². The Balaban J connectivity index is 1.05. The number of rotatable bonds is 8. The summed E-state index contributed by atoms with van der Waals surface area (Å²) in [4.78, 5) is 15.0. The molecule has 0 spiro atoms. The molecule has 2 aromatic carbocycles. The van der Waals surface area contributed by atoms with E-state index in [2.05, 4.69) is 26.9 Å². The average molecular weight is 515 g/mol. The lowest BCUT2D eigenvalue weighted by molar-refractivity contribution is -0.000999. The molecule has 1 N–H and O–H groups in total. The Morgan fingerprint density at radius 3 is 2.86 bits per heavy atom. The first-order chi connectivity index (χ1) is 16.9. The second-order valence-electron chi connectivity index (χ2n) is 9.41. The van der Waals surface area contributed by atoms with E-state index in [1.165, 1.54) is 0 Å². The van der Waals surface area contributed by atoms with Crippen molar-refractivity contribution in [1.29, 1.82) is 0 Å². The maximum absolute atomic E-state index is 10.6. The van der Waals surface area contributed by atoms with Crippen LogP contribution in [0.4, 0.5) is 0 Å². The molecule has 1 fully saturated rings. The summed E-state index contributed by atoms with van der Waals surface area (Å²) in [5, 5.41) is 16.7. The topological polar surface area (TPSA) is 70.4 Å². The van der Waals surface area contributed by atoms with E-state index in [1.54, 1.807) is 11.3 Å². The third kappa shape index (κ3) is 6.13. The predicted octanol–water partition coefficient (Wildman–Crippen LogP) is 4.20. The largest absolute Gasteiger partial charge is 0.491 e. The predicted molar refractivity (Wildman–Crippen MR) is 141 cm³/mol. The number of benzene rings is 2. The molecule has 2 aliphatic heterocycles. The minimum atomic E-state index is -0.551. The molecule has 3 heterocycles. The van der Waals surface area contributed by atoms with Gasteiger partial charge in [-0.1, -0.05) is 28.9 Å². The van der Waals surface area contributed by atoms with Crippen molar-refractivity contribution in [2.45, 2.75) is 38.5 Å². The average Bonchev–Trinajstić information content (AvgIpc) is 3.45. The molecule has 0 aliphatic carbocycles. The molecular formula is C26H31ClN4O3S. The van der Waals surface area contributed by atoms with Gasteiger partial charge in [0.15, 0.2) is 0 Å². The summed E-state index contributed by atoms with van der Waals surface area (Å²) >= 11 is 7.66. The molecule has 0 radical (unpaired) electrons. The summed E-state index contributed by atoms with van der Waals surface area (Å²) in [5.74, 6) is 0.747. The van der Waals surface area contributed by atoms with E-state index in [0.29, 0.717) is 12.6 Å². The fourth-order valence-electron chi connectivity index (χ4n) is 4.76. The Hall–Kier alpha value is -2.23. The highest BCUT2D eigenvalue weighted by Gasteiger charge is 2.30. The van der Waals surface area contributed by atoms with E-state index in [1.807, 2.05) is 49.4 Å². The van der Waals surface area contributed by atoms with Gasteiger partial charge >= 0.3 is 0 Å². The lowest BCUT2D eigenvalue weighted by Gasteiger charge is -2.41. The number of oxime groups is 1. The van der Waals surface area contributed by atoms with E-state index in [4.69, 9.17) is 21.2 Å². The number of fused-ring (bicyclic) bond motifs is 1. The van der Waals surface area contributed by atoms with E-state index >= 15 is 0 Å². The molecule has 1 aromatic heterocycles. The summed E-state index contributed by atoms with van der Waals surface area (Å²) in [5.41, 5.74) is 2.99. The maximum atomic E-state index is 10.6. The van der Waals surface area contributed by atoms with E-state index in [9.17, 15) is 5.11 Å². The molecule has 0 bridgehead atoms. The highest BCUT2D eigenvalue weighted by atomic mass is 35.5. The van der Waals surface area contributed by atoms with Gasteiger partial charge in [0.25, 0.3) is 0 Å². The standard InChI is InChI=1S/C26H31ClN4O3S/c1-17-13-30(15-23-12-24(29-34-23)19-3-5-20(27)6-4-19)9-10-31(17)14-21(32)16-33-22-7-8-26-25(11-22)28-18(2)35-26/h3-8,11,17,21,23,32H,9-10,12-16H2,1-2H3/t17-,21+,23?/m0/s1. The second kappa shape index (κ2) is 10.8. The van der Waals surface area contributed by atoms with Crippen LogP contribution >= 0.6 is 22.9 Å². The van der Waals surface area contributed by atoms with Gasteiger partial charge < -0.3 is 14.7 Å². The molecule has 3 aromatic rings. The van der Waals surface area contributed by atoms with Crippen molar-refractivity contribution in [2.75, 3.05) is 39.3 Å². The molecule has 5 rings (SSSR count). The Labute approximate surface area is 214 Å². The summed E-state index contributed by atoms with van der Waals surface area (Å²) < 4.78 is 7.02. The number of aliphatic hydroxyl groups excluding tert-OH is 1. The Morgan fingerprint density at radius 2 is 2.06 bits per heavy atom. The summed E-state index contributed by atoms with van der Waals surface area (Å²) in [7, 11) is 0. The number of ether oxygens (including phenoxy) is 1. The van der Waals surface area contributed by atoms with Crippen LogP contribution in [0.2, 0.25) is 5.02 Å². The van der Waals surface area contributed by atoms with Gasteiger partial charge in [0.2, 0.25) is 0 Å². The van der Waals surface area contributed by atoms with Gasteiger partial charge in [0.05, 0.1) is 20.9 Å². The van der Waals surface area contributed by atoms with Gasteiger partial charge in [-0.25, -0.2) is 4.98 Å². The molecule has 2 aliphatic rings. The summed E-state index contributed by atoms with van der Waals surface area (Å²) in [6.07, 6.45) is 0.320. The molecule has 35 heavy (non-hydrogen) atoms. The Morgan fingerprint density at radius 1 is 1.23 bits per heavy atom. The molecule has 186 valence electrons. The van der Waals surface area contributed by atoms with Crippen molar-refractivity contribution in [2.24, 2.45) is 5.16 Å². The first kappa shape index (κ1) is 24.5. The number of aryl methyl sites for hydroxylation is 1. The van der Waals surface area contributed by atoms with Crippen molar-refractivity contribution in [1.82, 2.24) is 14.8 Å². The van der Waals surface area contributed by atoms with Gasteiger partial charge in [-0.05, 0) is 43.7 Å². The lowest BCUT2D eigenvalue weighted by atomic mass is 10.0. The minimum absolute atomic E-state index is 0.0669. The van der Waals surface area contributed by atoms with Gasteiger partial charge in [-0.2, -0.15) is 0 Å². The third-order valence-corrected chi connectivity index (χ3v) is 7.78. The molecule has 3 atom stereocenters. The van der Waals surface area contributed by atoms with Crippen LogP contribution in [0.5, 0.6) is 5.75 Å². The van der Waals surface area contributed by atoms with Crippen molar-refractivity contribution < 1.29 is 14.7 Å². The molecule has 1 unspecified atom stereocenters. The van der Waals surface area contributed by atoms with E-state index in [-0.39, 0.29) is 12.7 Å². The number of aliphatic hydroxyl groups is 1. The Kier molecular flexibility index (Phi) is 7.55. The number of hydrogen-bond donors (Lipinski definition) is 1. The van der Waals surface area contributed by atoms with Gasteiger partial charge in [0, 0.05) is 56.3 Å². The van der Waals surface area contributed by atoms with Crippen molar-refractivity contribution in [3.63, 3.8) is 0 Å². The van der Waals surface area contributed by atoms with Gasteiger partial charge in [0.1, 0.15) is 24.6 Å². The van der Waals surface area contributed by atoms with Crippen molar-refractivity contribution in [3.8, 4) is 5.75 Å². The number of aromatic nitrogens is 1. The number of hydrogen-bond acceptors (Lipinski definition) is 8. The van der Waals surface area contributed by atoms with Crippen LogP contribution in [0.25, 0.3) is 10.2 Å². The van der Waals surface area contributed by atoms with Gasteiger partial charge in [-0.15, -0.1) is 11.3 Å². The molecule has 7 nitrogen and oxygen atoms in total. The van der Waals surface area contributed by atoms with Crippen LogP contribution in [-0.4, -0.2) is 83.2 Å². The van der Waals surface area contributed by atoms with Crippen LogP contribution in [0, 0.1) is 6.92 Å². The first-order valence-electron chi connectivity index (χ1n) is 12.1. The third-order valence-electron chi connectivity index (χ3n) is 6.58. The smallest absolute Gasteiger partial charge is 0.145 e. The zero-order valence-electron chi connectivity index (χ0n) is 20.1. The van der Waals surface area contributed by atoms with Crippen LogP contribution in [-0.2, 0) is 4.84 Å². The number of nitrogens with zero attached hydrogens (tertiary/aromatic N) is 4. The number of halogens is 1. The fraction of sp³-hybridized carbons (Fsp3) is 0.462. The molecular weight excluding hydrogens is 484 g/mol. The van der Waals surface area contributed by atoms with Crippen molar-refractivity contribution in [3.05, 3.63) is 58.1 Å². The molecule has 9 heteroatoms. The fourth-order valence-corrected chi connectivity index (χ4v) is 5.70. The van der Waals surface area contributed by atoms with Crippen molar-refractivity contribution >= 4 is 38.9 Å². The number of β-amino-alcohol motifs (C(OH)–C–C–N with tert-alkyl or cyclic N) is 1. The lowest BCUT2D eigenvalue weighted by Crippen LogP contribution is -2.55. The molecule has 0 saturated carbocycles. The van der Waals surface area contributed by atoms with Crippen LogP contribution < -0.4 is 4.74 Å². The van der Waals surface area contributed by atoms with Crippen LogP contribution in [0.3, 0.4) is 0 Å². The van der Waals surface area contributed by atoms with E-state index < -0.39 is 6.10 Å². The molecule has 0 amide bonds. The maximum Gasteiger partial charge on any atom is 0.145 e. The number of piperazine rings is 1. The number of thiazole rings is 1. The van der Waals surface area contributed by atoms with E-state index in [0.717, 1.165) is 69.9 Å². The monoisotopic (exact) mass is 514 g/mol. The Bertz CT molecular complexity index is 1190. The minimum Gasteiger partial charge on any atom is -0.491 e. The highest BCUT2D eigenvalue weighted by molar-refractivity contribution is 7.18. The second-order valence-corrected chi connectivity index (χ2v) is 11.1. The van der Waals surface area contributed by atoms with Crippen LogP contribution in [0.1, 0.15) is 23.9 Å². The zero-order valence-corrected chi connectivity index (χ0v) is 21.6.